The van der Waals surface area contributed by atoms with E-state index in [-0.39, 0.29) is 36.9 Å². The summed E-state index contributed by atoms with van der Waals surface area (Å²) in [6.45, 7) is 2.29. The van der Waals surface area contributed by atoms with Gasteiger partial charge in [-0.15, -0.1) is 0 Å². The molecule has 2 aromatic carbocycles. The van der Waals surface area contributed by atoms with Gasteiger partial charge in [-0.05, 0) is 42.8 Å². The molecular formula is C24H22ClN5O5. The second-order valence-electron chi connectivity index (χ2n) is 7.71. The van der Waals surface area contributed by atoms with Crippen LogP contribution in [0.5, 0.6) is 11.6 Å². The van der Waals surface area contributed by atoms with Crippen LogP contribution in [-0.4, -0.2) is 55.5 Å². The van der Waals surface area contributed by atoms with Crippen molar-refractivity contribution in [3.8, 4) is 11.6 Å². The normalized spacial score (nSPS) is 15.8. The lowest BCUT2D eigenvalue weighted by atomic mass is 10.1. The number of hydrogen-bond donors (Lipinski definition) is 2. The largest absolute Gasteiger partial charge is 0.478 e. The highest BCUT2D eigenvalue weighted by atomic mass is 35.5. The molecule has 1 atom stereocenters. The summed E-state index contributed by atoms with van der Waals surface area (Å²) < 4.78 is 5.59. The molecule has 35 heavy (non-hydrogen) atoms. The highest BCUT2D eigenvalue weighted by molar-refractivity contribution is 6.30. The van der Waals surface area contributed by atoms with E-state index in [0.29, 0.717) is 16.6 Å². The molecule has 180 valence electrons. The highest BCUT2D eigenvalue weighted by Gasteiger charge is 2.38. The number of anilines is 1. The van der Waals surface area contributed by atoms with E-state index < -0.39 is 18.2 Å². The molecule has 1 aliphatic rings. The minimum atomic E-state index is -1.07. The number of aromatic carboxylic acids is 1. The fourth-order valence-corrected chi connectivity index (χ4v) is 3.74. The number of nitrogens with zero attached hydrogens (tertiary/aromatic N) is 4. The smallest absolute Gasteiger partial charge is 0.335 e. The molecule has 1 unspecified atom stereocenters. The zero-order chi connectivity index (χ0) is 24.9. The van der Waals surface area contributed by atoms with Crippen LogP contribution in [-0.2, 0) is 11.3 Å². The molecule has 3 amide bonds. The van der Waals surface area contributed by atoms with Gasteiger partial charge >= 0.3 is 12.0 Å². The van der Waals surface area contributed by atoms with Crippen molar-refractivity contribution < 1.29 is 24.2 Å². The number of carbonyl (C=O) groups excluding carboxylic acids is 2. The molecule has 2 N–H and O–H groups in total. The van der Waals surface area contributed by atoms with Crippen molar-refractivity contribution in [2.75, 3.05) is 11.9 Å². The van der Waals surface area contributed by atoms with Gasteiger partial charge in [0, 0.05) is 18.1 Å². The molecule has 0 saturated carbocycles. The standard InChI is InChI=1S/C24H22ClN5O5/c1-2-29-22(31)11-20(30(24(29)34)14-15-6-8-17(25)9-7-15)28-19-12-27-21(13-26-19)35-18-5-3-4-16(10-18)23(32)33/h3-10,12-13,20H,2,11,14H2,1H3,(H,26,28)(H,32,33). The Balaban J connectivity index is 1.49. The van der Waals surface area contributed by atoms with Gasteiger partial charge in [0.25, 0.3) is 0 Å². The third kappa shape index (κ3) is 5.67. The van der Waals surface area contributed by atoms with Gasteiger partial charge in [0.15, 0.2) is 0 Å². The van der Waals surface area contributed by atoms with Crippen molar-refractivity contribution in [2.45, 2.75) is 26.1 Å². The predicted octanol–water partition coefficient (Wildman–Crippen LogP) is 4.23. The summed E-state index contributed by atoms with van der Waals surface area (Å²) in [6.07, 6.45) is 2.21. The van der Waals surface area contributed by atoms with Crippen molar-refractivity contribution in [3.63, 3.8) is 0 Å². The number of ether oxygens (including phenoxy) is 1. The number of rotatable bonds is 8. The molecule has 10 nitrogen and oxygen atoms in total. The van der Waals surface area contributed by atoms with Crippen molar-refractivity contribution in [2.24, 2.45) is 0 Å². The fraction of sp³-hybridized carbons (Fsp3) is 0.208. The number of aromatic nitrogens is 2. The number of carboxylic acid groups (broad SMARTS) is 1. The number of carboxylic acids is 1. The molecule has 0 aliphatic carbocycles. The number of hydrogen-bond acceptors (Lipinski definition) is 7. The number of urea groups is 1. The van der Waals surface area contributed by atoms with Crippen LogP contribution >= 0.6 is 11.6 Å². The third-order valence-electron chi connectivity index (χ3n) is 5.35. The number of halogens is 1. The SMILES string of the molecule is CCN1C(=O)CC(Nc2cnc(Oc3cccc(C(=O)O)c3)cn2)N(Cc2ccc(Cl)cc2)C1=O. The van der Waals surface area contributed by atoms with E-state index in [1.54, 1.807) is 36.1 Å². The third-order valence-corrected chi connectivity index (χ3v) is 5.60. The van der Waals surface area contributed by atoms with Crippen LogP contribution in [0.4, 0.5) is 10.6 Å². The first-order chi connectivity index (χ1) is 16.8. The number of benzene rings is 2. The van der Waals surface area contributed by atoms with Gasteiger partial charge in [-0.1, -0.05) is 29.8 Å². The first-order valence-corrected chi connectivity index (χ1v) is 11.2. The highest BCUT2D eigenvalue weighted by Crippen LogP contribution is 2.24. The second kappa shape index (κ2) is 10.4. The van der Waals surface area contributed by atoms with E-state index in [4.69, 9.17) is 21.4 Å². The molecule has 0 spiro atoms. The molecule has 3 aromatic rings. The van der Waals surface area contributed by atoms with Crippen LogP contribution in [0, 0.1) is 0 Å². The van der Waals surface area contributed by atoms with Gasteiger partial charge in [-0.2, -0.15) is 0 Å². The molecule has 4 rings (SSSR count). The lowest BCUT2D eigenvalue weighted by Crippen LogP contribution is -2.58. The minimum absolute atomic E-state index is 0.0646. The van der Waals surface area contributed by atoms with Crippen LogP contribution in [0.3, 0.4) is 0 Å². The Hall–Kier alpha value is -4.18. The van der Waals surface area contributed by atoms with Gasteiger partial charge in [0.05, 0.1) is 24.4 Å². The minimum Gasteiger partial charge on any atom is -0.478 e. The predicted molar refractivity (Wildman–Crippen MR) is 127 cm³/mol. The van der Waals surface area contributed by atoms with Gasteiger partial charge in [0.1, 0.15) is 17.7 Å². The monoisotopic (exact) mass is 495 g/mol. The Morgan fingerprint density at radius 2 is 1.94 bits per heavy atom. The zero-order valence-electron chi connectivity index (χ0n) is 18.7. The molecule has 0 bridgehead atoms. The second-order valence-corrected chi connectivity index (χ2v) is 8.15. The van der Waals surface area contributed by atoms with E-state index in [1.807, 2.05) is 12.1 Å². The Bertz CT molecular complexity index is 1240. The van der Waals surface area contributed by atoms with Crippen molar-refractivity contribution in [1.29, 1.82) is 0 Å². The first kappa shape index (κ1) is 24.0. The van der Waals surface area contributed by atoms with Crippen molar-refractivity contribution in [1.82, 2.24) is 19.8 Å². The molecule has 11 heteroatoms. The van der Waals surface area contributed by atoms with E-state index in [0.717, 1.165) is 5.56 Å². The van der Waals surface area contributed by atoms with E-state index in [9.17, 15) is 14.4 Å². The number of carbonyl (C=O) groups is 3. The Morgan fingerprint density at radius 1 is 1.17 bits per heavy atom. The molecule has 0 radical (unpaired) electrons. The van der Waals surface area contributed by atoms with E-state index >= 15 is 0 Å². The van der Waals surface area contributed by atoms with Crippen LogP contribution in [0.25, 0.3) is 0 Å². The fourth-order valence-electron chi connectivity index (χ4n) is 3.61. The first-order valence-electron chi connectivity index (χ1n) is 10.8. The topological polar surface area (TPSA) is 125 Å². The van der Waals surface area contributed by atoms with E-state index in [2.05, 4.69) is 15.3 Å². The Labute approximate surface area is 206 Å². The van der Waals surface area contributed by atoms with Gasteiger partial charge in [0.2, 0.25) is 11.8 Å². The molecule has 1 aromatic heterocycles. The molecule has 2 heterocycles. The van der Waals surface area contributed by atoms with Gasteiger partial charge in [-0.3, -0.25) is 14.6 Å². The summed E-state index contributed by atoms with van der Waals surface area (Å²) in [5, 5.41) is 12.8. The Morgan fingerprint density at radius 3 is 2.60 bits per heavy atom. The lowest BCUT2D eigenvalue weighted by Gasteiger charge is -2.40. The van der Waals surface area contributed by atoms with Gasteiger partial charge in [-0.25, -0.2) is 19.6 Å². The van der Waals surface area contributed by atoms with Crippen LogP contribution < -0.4 is 10.1 Å². The maximum absolute atomic E-state index is 13.0. The van der Waals surface area contributed by atoms with Crippen LogP contribution in [0.1, 0.15) is 29.3 Å². The number of imide groups is 1. The molecule has 1 saturated heterocycles. The summed E-state index contributed by atoms with van der Waals surface area (Å²) in [5.74, 6) is -0.550. The van der Waals surface area contributed by atoms with Crippen LogP contribution in [0.15, 0.2) is 60.9 Å². The summed E-state index contributed by atoms with van der Waals surface area (Å²) >= 11 is 5.97. The van der Waals surface area contributed by atoms with E-state index in [1.165, 1.54) is 29.4 Å². The molecular weight excluding hydrogens is 474 g/mol. The summed E-state index contributed by atoms with van der Waals surface area (Å²) in [7, 11) is 0. The summed E-state index contributed by atoms with van der Waals surface area (Å²) in [5.41, 5.74) is 0.945. The van der Waals surface area contributed by atoms with Crippen molar-refractivity contribution in [3.05, 3.63) is 77.1 Å². The molecule has 1 fully saturated rings. The maximum atomic E-state index is 13.0. The average Bonchev–Trinajstić information content (AvgIpc) is 2.84. The Kier molecular flexibility index (Phi) is 7.11. The summed E-state index contributed by atoms with van der Waals surface area (Å²) in [4.78, 5) is 47.9. The maximum Gasteiger partial charge on any atom is 0.335 e. The molecule has 1 aliphatic heterocycles. The average molecular weight is 496 g/mol. The number of amides is 3. The van der Waals surface area contributed by atoms with Gasteiger partial charge < -0.3 is 15.2 Å². The number of nitrogens with one attached hydrogen (secondary N) is 1. The lowest BCUT2D eigenvalue weighted by molar-refractivity contribution is -0.132. The zero-order valence-corrected chi connectivity index (χ0v) is 19.5. The van der Waals surface area contributed by atoms with Crippen LogP contribution in [0.2, 0.25) is 5.02 Å². The quantitative estimate of drug-likeness (QED) is 0.475. The summed E-state index contributed by atoms with van der Waals surface area (Å²) in [6, 6.07) is 12.7. The van der Waals surface area contributed by atoms with Crippen molar-refractivity contribution >= 4 is 35.3 Å².